The molecule has 0 radical (unpaired) electrons. The molecular weight excluding hydrogens is 573 g/mol. The molecule has 2 atom stereocenters. The fourth-order valence-corrected chi connectivity index (χ4v) is 5.69. The summed E-state index contributed by atoms with van der Waals surface area (Å²) in [5.41, 5.74) is 9.04. The maximum absolute atomic E-state index is 14.7. The Balaban J connectivity index is 1.09. The number of hydrogen-bond acceptors (Lipinski definition) is 6. The zero-order chi connectivity index (χ0) is 29.9. The summed E-state index contributed by atoms with van der Waals surface area (Å²) in [6.07, 6.45) is 6.22. The van der Waals surface area contributed by atoms with Gasteiger partial charge >= 0.3 is 6.03 Å². The van der Waals surface area contributed by atoms with Crippen LogP contribution in [0.2, 0.25) is 5.02 Å². The van der Waals surface area contributed by atoms with Crippen molar-refractivity contribution in [3.05, 3.63) is 118 Å². The summed E-state index contributed by atoms with van der Waals surface area (Å²) in [6.45, 7) is 0.493. The Labute approximate surface area is 251 Å². The molecule has 43 heavy (non-hydrogen) atoms. The highest BCUT2D eigenvalue weighted by atomic mass is 35.5. The Hall–Kier alpha value is -5.03. The second kappa shape index (κ2) is 12.1. The molecule has 2 aromatic heterocycles. The second-order valence-electron chi connectivity index (χ2n) is 10.2. The number of aromatic nitrogens is 2. The van der Waals surface area contributed by atoms with Gasteiger partial charge in [-0.05, 0) is 66.3 Å². The van der Waals surface area contributed by atoms with E-state index in [0.29, 0.717) is 36.9 Å². The van der Waals surface area contributed by atoms with Crippen LogP contribution in [0.15, 0.2) is 79.3 Å². The zero-order valence-electron chi connectivity index (χ0n) is 22.8. The highest BCUT2D eigenvalue weighted by Crippen LogP contribution is 2.33. The van der Waals surface area contributed by atoms with E-state index in [-0.39, 0.29) is 28.1 Å². The minimum atomic E-state index is -0.669. The fourth-order valence-electron chi connectivity index (χ4n) is 5.47. The number of halogens is 2. The maximum atomic E-state index is 14.7. The van der Waals surface area contributed by atoms with Gasteiger partial charge in [-0.1, -0.05) is 41.9 Å². The molecule has 1 fully saturated rings. The molecule has 6 rings (SSSR count). The topological polar surface area (TPSA) is 128 Å². The van der Waals surface area contributed by atoms with Gasteiger partial charge in [-0.2, -0.15) is 0 Å². The quantitative estimate of drug-likeness (QED) is 0.244. The minimum absolute atomic E-state index is 0.0769. The van der Waals surface area contributed by atoms with Crippen LogP contribution >= 0.6 is 11.6 Å². The lowest BCUT2D eigenvalue weighted by molar-refractivity contribution is -0.118. The Morgan fingerprint density at radius 3 is 2.63 bits per heavy atom. The van der Waals surface area contributed by atoms with Crippen LogP contribution in [-0.2, 0) is 17.6 Å². The Kier molecular flexibility index (Phi) is 7.89. The molecule has 4 amide bonds. The minimum Gasteiger partial charge on any atom is -0.340 e. The SMILES string of the molecule is O=C(NNc1ncc(C(=O)NC2CCN(c3ccccc3)C2=O)cc1Cl)NC1c2cnccc2CCc2c(F)cccc21. The molecule has 0 bridgehead atoms. The van der Waals surface area contributed by atoms with Gasteiger partial charge in [0.15, 0.2) is 5.82 Å². The first-order valence-corrected chi connectivity index (χ1v) is 14.1. The molecule has 2 unspecified atom stereocenters. The number of fused-ring (bicyclic) bond motifs is 2. The van der Waals surface area contributed by atoms with E-state index in [1.807, 2.05) is 36.4 Å². The molecule has 2 aliphatic rings. The summed E-state index contributed by atoms with van der Waals surface area (Å²) in [7, 11) is 0. The van der Waals surface area contributed by atoms with Crippen LogP contribution < -0.4 is 26.4 Å². The largest absolute Gasteiger partial charge is 0.340 e. The van der Waals surface area contributed by atoms with Crippen LogP contribution in [0.5, 0.6) is 0 Å². The van der Waals surface area contributed by atoms with Crippen LogP contribution in [0.1, 0.15) is 45.1 Å². The van der Waals surface area contributed by atoms with E-state index in [1.165, 1.54) is 18.3 Å². The molecule has 1 saturated heterocycles. The molecule has 10 nitrogen and oxygen atoms in total. The van der Waals surface area contributed by atoms with E-state index >= 15 is 0 Å². The highest BCUT2D eigenvalue weighted by Gasteiger charge is 2.34. The first-order chi connectivity index (χ1) is 20.9. The molecule has 0 spiro atoms. The van der Waals surface area contributed by atoms with Crippen molar-refractivity contribution in [3.63, 3.8) is 0 Å². The monoisotopic (exact) mass is 599 g/mol. The normalized spacial score (nSPS) is 17.3. The number of amides is 4. The number of para-hydroxylation sites is 1. The Morgan fingerprint density at radius 1 is 0.977 bits per heavy atom. The smallest absolute Gasteiger partial charge is 0.334 e. The van der Waals surface area contributed by atoms with Crippen LogP contribution in [0.4, 0.5) is 20.7 Å². The van der Waals surface area contributed by atoms with E-state index in [9.17, 15) is 18.8 Å². The lowest BCUT2D eigenvalue weighted by atomic mass is 9.96. The summed E-state index contributed by atoms with van der Waals surface area (Å²) in [4.78, 5) is 48.7. The van der Waals surface area contributed by atoms with Crippen molar-refractivity contribution in [1.82, 2.24) is 26.0 Å². The van der Waals surface area contributed by atoms with E-state index in [0.717, 1.165) is 16.8 Å². The van der Waals surface area contributed by atoms with Crippen molar-refractivity contribution in [2.75, 3.05) is 16.9 Å². The third-order valence-corrected chi connectivity index (χ3v) is 7.91. The number of aryl methyl sites for hydroxylation is 1. The molecule has 0 saturated carbocycles. The van der Waals surface area contributed by atoms with Crippen LogP contribution in [0, 0.1) is 5.82 Å². The first kappa shape index (κ1) is 28.1. The van der Waals surface area contributed by atoms with Gasteiger partial charge in [0, 0.05) is 36.4 Å². The van der Waals surface area contributed by atoms with Crippen molar-refractivity contribution < 1.29 is 18.8 Å². The number of hydrazine groups is 1. The summed E-state index contributed by atoms with van der Waals surface area (Å²) in [5.74, 6) is -0.902. The van der Waals surface area contributed by atoms with Crippen molar-refractivity contribution >= 4 is 41.0 Å². The van der Waals surface area contributed by atoms with Gasteiger partial charge in [-0.3, -0.25) is 25.4 Å². The van der Waals surface area contributed by atoms with Crippen molar-refractivity contribution in [2.24, 2.45) is 0 Å². The maximum Gasteiger partial charge on any atom is 0.334 e. The van der Waals surface area contributed by atoms with Gasteiger partial charge < -0.3 is 15.5 Å². The van der Waals surface area contributed by atoms with Crippen LogP contribution in [0.25, 0.3) is 0 Å². The number of pyridine rings is 2. The average molecular weight is 600 g/mol. The second-order valence-corrected chi connectivity index (χ2v) is 10.6. The lowest BCUT2D eigenvalue weighted by Gasteiger charge is -2.22. The molecule has 2 aromatic carbocycles. The Morgan fingerprint density at radius 2 is 1.81 bits per heavy atom. The van der Waals surface area contributed by atoms with Crippen molar-refractivity contribution in [3.8, 4) is 0 Å². The van der Waals surface area contributed by atoms with Gasteiger partial charge in [-0.25, -0.2) is 14.2 Å². The van der Waals surface area contributed by atoms with Gasteiger partial charge in [0.05, 0.1) is 16.6 Å². The number of anilines is 2. The standard InChI is InChI=1S/C31H27ClFN7O3/c32-24-15-19(29(41)36-26-12-14-40(30(26)42)20-5-2-1-3-6-20)16-35-28(24)38-39-31(43)37-27-22-7-4-8-25(33)21(22)10-9-18-11-13-34-17-23(18)27/h1-8,11,13,15-17,26-27H,9-10,12,14H2,(H,35,38)(H,36,41)(H2,37,39,43). The Bertz CT molecular complexity index is 1700. The summed E-state index contributed by atoms with van der Waals surface area (Å²) in [6, 6.07) is 15.4. The van der Waals surface area contributed by atoms with Gasteiger partial charge in [-0.15, -0.1) is 0 Å². The third kappa shape index (κ3) is 5.84. The lowest BCUT2D eigenvalue weighted by Crippen LogP contribution is -2.42. The number of benzene rings is 2. The molecule has 4 N–H and O–H groups in total. The number of nitrogens with one attached hydrogen (secondary N) is 4. The summed E-state index contributed by atoms with van der Waals surface area (Å²) >= 11 is 6.37. The molecule has 3 heterocycles. The van der Waals surface area contributed by atoms with Crippen LogP contribution in [-0.4, -0.2) is 40.4 Å². The number of nitrogens with zero attached hydrogens (tertiary/aromatic N) is 3. The fraction of sp³-hybridized carbons (Fsp3) is 0.194. The summed E-state index contributed by atoms with van der Waals surface area (Å²) < 4.78 is 14.7. The van der Waals surface area contributed by atoms with Gasteiger partial charge in [0.2, 0.25) is 5.91 Å². The number of carbonyl (C=O) groups excluding carboxylic acids is 3. The molecule has 1 aliphatic heterocycles. The zero-order valence-corrected chi connectivity index (χ0v) is 23.6. The molecule has 4 aromatic rings. The van der Waals surface area contributed by atoms with E-state index in [1.54, 1.807) is 29.4 Å². The van der Waals surface area contributed by atoms with Crippen molar-refractivity contribution in [1.29, 1.82) is 0 Å². The molecule has 12 heteroatoms. The summed E-state index contributed by atoms with van der Waals surface area (Å²) in [5, 5.41) is 5.72. The first-order valence-electron chi connectivity index (χ1n) is 13.7. The third-order valence-electron chi connectivity index (χ3n) is 7.62. The van der Waals surface area contributed by atoms with Gasteiger partial charge in [0.25, 0.3) is 5.91 Å². The highest BCUT2D eigenvalue weighted by molar-refractivity contribution is 6.33. The molecular formula is C31H27ClFN7O3. The predicted molar refractivity (Wildman–Crippen MR) is 159 cm³/mol. The van der Waals surface area contributed by atoms with Crippen molar-refractivity contribution in [2.45, 2.75) is 31.3 Å². The number of hydrogen-bond donors (Lipinski definition) is 4. The molecule has 218 valence electrons. The van der Waals surface area contributed by atoms with E-state index < -0.39 is 24.0 Å². The number of rotatable bonds is 6. The van der Waals surface area contributed by atoms with Crippen LogP contribution in [0.3, 0.4) is 0 Å². The van der Waals surface area contributed by atoms with E-state index in [2.05, 4.69) is 31.5 Å². The number of carbonyl (C=O) groups is 3. The average Bonchev–Trinajstić information content (AvgIpc) is 3.29. The predicted octanol–water partition coefficient (Wildman–Crippen LogP) is 4.32. The molecule has 1 aliphatic carbocycles. The van der Waals surface area contributed by atoms with E-state index in [4.69, 9.17) is 11.6 Å². The number of urea groups is 1. The van der Waals surface area contributed by atoms with Gasteiger partial charge in [0.1, 0.15) is 11.9 Å².